The lowest BCUT2D eigenvalue weighted by molar-refractivity contribution is 0.105. The first-order chi connectivity index (χ1) is 8.90. The molecule has 0 saturated carbocycles. The van der Waals surface area contributed by atoms with Crippen LogP contribution < -0.4 is 10.1 Å². The molecule has 4 heteroatoms. The molecule has 2 N–H and O–H groups in total. The molecule has 0 radical (unpaired) electrons. The Morgan fingerprint density at radius 2 is 1.79 bits per heavy atom. The van der Waals surface area contributed by atoms with E-state index in [0.717, 1.165) is 23.4 Å². The second-order valence-corrected chi connectivity index (χ2v) is 5.82. The van der Waals surface area contributed by atoms with Gasteiger partial charge >= 0.3 is 0 Å². The molecule has 0 aliphatic rings. The maximum absolute atomic E-state index is 9.85. The van der Waals surface area contributed by atoms with Gasteiger partial charge in [0.1, 0.15) is 18.5 Å². The topological polar surface area (TPSA) is 41.5 Å². The van der Waals surface area contributed by atoms with Crippen LogP contribution in [0.4, 0.5) is 0 Å². The van der Waals surface area contributed by atoms with Crippen LogP contribution in [0.25, 0.3) is 0 Å². The number of halogens is 1. The van der Waals surface area contributed by atoms with E-state index in [1.165, 1.54) is 0 Å². The average Bonchev–Trinajstić information content (AvgIpc) is 2.26. The molecule has 1 rings (SSSR count). The summed E-state index contributed by atoms with van der Waals surface area (Å²) in [6, 6.07) is 3.74. The molecule has 0 unspecified atom stereocenters. The highest BCUT2D eigenvalue weighted by Gasteiger charge is 2.09. The molecule has 0 amide bonds. The van der Waals surface area contributed by atoms with Gasteiger partial charge in [0.2, 0.25) is 0 Å². The van der Waals surface area contributed by atoms with Crippen molar-refractivity contribution in [3.05, 3.63) is 28.3 Å². The van der Waals surface area contributed by atoms with E-state index in [1.807, 2.05) is 26.0 Å². The van der Waals surface area contributed by atoms with Gasteiger partial charge < -0.3 is 15.2 Å². The van der Waals surface area contributed by atoms with Crippen LogP contribution in [0.5, 0.6) is 5.75 Å². The fraction of sp³-hybridized carbons (Fsp3) is 0.600. The second kappa shape index (κ2) is 7.73. The first-order valence-electron chi connectivity index (χ1n) is 6.68. The van der Waals surface area contributed by atoms with E-state index in [0.29, 0.717) is 17.5 Å². The number of hydrogen-bond donors (Lipinski definition) is 2. The number of hydrogen-bond acceptors (Lipinski definition) is 3. The molecular weight excluding hydrogens is 262 g/mol. The summed E-state index contributed by atoms with van der Waals surface area (Å²) in [5, 5.41) is 13.8. The molecule has 0 heterocycles. The summed E-state index contributed by atoms with van der Waals surface area (Å²) in [6.45, 7) is 9.91. The Balaban J connectivity index is 2.44. The SMILES string of the molecule is Cc1cc(Cl)cc(C)c1OC[C@H](O)CNCC(C)C. The van der Waals surface area contributed by atoms with Gasteiger partial charge in [0, 0.05) is 11.6 Å². The molecule has 1 aromatic carbocycles. The zero-order valence-electron chi connectivity index (χ0n) is 12.2. The lowest BCUT2D eigenvalue weighted by Crippen LogP contribution is -2.33. The number of aliphatic hydroxyl groups is 1. The molecular formula is C15H24ClNO2. The first-order valence-corrected chi connectivity index (χ1v) is 7.06. The molecule has 108 valence electrons. The third-order valence-electron chi connectivity index (χ3n) is 2.78. The van der Waals surface area contributed by atoms with Crippen LogP contribution in [0.3, 0.4) is 0 Å². The van der Waals surface area contributed by atoms with E-state index in [4.69, 9.17) is 16.3 Å². The maximum atomic E-state index is 9.85. The first kappa shape index (κ1) is 16.3. The summed E-state index contributed by atoms with van der Waals surface area (Å²) in [4.78, 5) is 0. The minimum Gasteiger partial charge on any atom is -0.490 e. The third-order valence-corrected chi connectivity index (χ3v) is 3.00. The molecule has 1 aromatic rings. The Bertz CT molecular complexity index is 384. The summed E-state index contributed by atoms with van der Waals surface area (Å²) in [7, 11) is 0. The van der Waals surface area contributed by atoms with Crippen LogP contribution in [0.1, 0.15) is 25.0 Å². The van der Waals surface area contributed by atoms with E-state index in [2.05, 4.69) is 19.2 Å². The number of ether oxygens (including phenoxy) is 1. The van der Waals surface area contributed by atoms with Crippen LogP contribution in [0, 0.1) is 19.8 Å². The number of rotatable bonds is 7. The van der Waals surface area contributed by atoms with Crippen LogP contribution in [0.2, 0.25) is 5.02 Å². The van der Waals surface area contributed by atoms with Crippen molar-refractivity contribution in [3.8, 4) is 5.75 Å². The maximum Gasteiger partial charge on any atom is 0.125 e. The van der Waals surface area contributed by atoms with Gasteiger partial charge in [0.05, 0.1) is 0 Å². The molecule has 0 spiro atoms. The highest BCUT2D eigenvalue weighted by molar-refractivity contribution is 6.30. The van der Waals surface area contributed by atoms with E-state index in [-0.39, 0.29) is 6.61 Å². The predicted molar refractivity (Wildman–Crippen MR) is 80.1 cm³/mol. The second-order valence-electron chi connectivity index (χ2n) is 5.39. The Labute approximate surface area is 120 Å². The van der Waals surface area contributed by atoms with Crippen molar-refractivity contribution in [3.63, 3.8) is 0 Å². The standard InChI is InChI=1S/C15H24ClNO2/c1-10(2)7-17-8-14(18)9-19-15-11(3)5-13(16)6-12(15)4/h5-6,10,14,17-18H,7-9H2,1-4H3/t14-/m1/s1. The Morgan fingerprint density at radius 1 is 1.21 bits per heavy atom. The number of aliphatic hydroxyl groups excluding tert-OH is 1. The molecule has 0 aliphatic heterocycles. The summed E-state index contributed by atoms with van der Waals surface area (Å²) < 4.78 is 5.69. The van der Waals surface area contributed by atoms with E-state index < -0.39 is 6.10 Å². The van der Waals surface area contributed by atoms with Crippen molar-refractivity contribution >= 4 is 11.6 Å². The zero-order chi connectivity index (χ0) is 14.4. The highest BCUT2D eigenvalue weighted by Crippen LogP contribution is 2.27. The van der Waals surface area contributed by atoms with Gasteiger partial charge in [-0.05, 0) is 49.6 Å². The largest absolute Gasteiger partial charge is 0.490 e. The van der Waals surface area contributed by atoms with Crippen LogP contribution >= 0.6 is 11.6 Å². The van der Waals surface area contributed by atoms with Crippen LogP contribution in [-0.2, 0) is 0 Å². The minimum atomic E-state index is -0.506. The molecule has 19 heavy (non-hydrogen) atoms. The fourth-order valence-corrected chi connectivity index (χ4v) is 2.23. The van der Waals surface area contributed by atoms with E-state index in [1.54, 1.807) is 0 Å². The van der Waals surface area contributed by atoms with Crippen molar-refractivity contribution in [2.24, 2.45) is 5.92 Å². The molecule has 0 bridgehead atoms. The van der Waals surface area contributed by atoms with Crippen LogP contribution in [0.15, 0.2) is 12.1 Å². The van der Waals surface area contributed by atoms with Crippen molar-refractivity contribution in [1.29, 1.82) is 0 Å². The highest BCUT2D eigenvalue weighted by atomic mass is 35.5. The van der Waals surface area contributed by atoms with Gasteiger partial charge in [-0.25, -0.2) is 0 Å². The summed E-state index contributed by atoms with van der Waals surface area (Å²) in [6.07, 6.45) is -0.506. The van der Waals surface area contributed by atoms with Crippen molar-refractivity contribution in [2.75, 3.05) is 19.7 Å². The molecule has 1 atom stereocenters. The van der Waals surface area contributed by atoms with Gasteiger partial charge in [-0.3, -0.25) is 0 Å². The predicted octanol–water partition coefficient (Wildman–Crippen LogP) is 2.94. The number of nitrogens with one attached hydrogen (secondary N) is 1. The third kappa shape index (κ3) is 5.81. The van der Waals surface area contributed by atoms with Gasteiger partial charge in [-0.1, -0.05) is 25.4 Å². The number of aryl methyl sites for hydroxylation is 2. The zero-order valence-corrected chi connectivity index (χ0v) is 12.9. The van der Waals surface area contributed by atoms with Crippen molar-refractivity contribution in [2.45, 2.75) is 33.8 Å². The molecule has 0 aromatic heterocycles. The normalized spacial score (nSPS) is 12.8. The lowest BCUT2D eigenvalue weighted by atomic mass is 10.1. The van der Waals surface area contributed by atoms with Gasteiger partial charge in [-0.15, -0.1) is 0 Å². The number of benzene rings is 1. The molecule has 0 fully saturated rings. The Hall–Kier alpha value is -0.770. The quantitative estimate of drug-likeness (QED) is 0.809. The van der Waals surface area contributed by atoms with E-state index >= 15 is 0 Å². The Kier molecular flexibility index (Phi) is 6.63. The van der Waals surface area contributed by atoms with Gasteiger partial charge in [0.15, 0.2) is 0 Å². The van der Waals surface area contributed by atoms with Gasteiger partial charge in [-0.2, -0.15) is 0 Å². The average molecular weight is 286 g/mol. The Morgan fingerprint density at radius 3 is 2.32 bits per heavy atom. The molecule has 0 saturated heterocycles. The van der Waals surface area contributed by atoms with E-state index in [9.17, 15) is 5.11 Å². The smallest absolute Gasteiger partial charge is 0.125 e. The fourth-order valence-electron chi connectivity index (χ4n) is 1.90. The van der Waals surface area contributed by atoms with Crippen LogP contribution in [-0.4, -0.2) is 30.9 Å². The molecule has 0 aliphatic carbocycles. The lowest BCUT2D eigenvalue weighted by Gasteiger charge is -2.17. The van der Waals surface area contributed by atoms with Crippen molar-refractivity contribution < 1.29 is 9.84 Å². The molecule has 3 nitrogen and oxygen atoms in total. The summed E-state index contributed by atoms with van der Waals surface area (Å²) in [5.74, 6) is 1.39. The monoisotopic (exact) mass is 285 g/mol. The minimum absolute atomic E-state index is 0.286. The van der Waals surface area contributed by atoms with Gasteiger partial charge in [0.25, 0.3) is 0 Å². The summed E-state index contributed by atoms with van der Waals surface area (Å²) in [5.41, 5.74) is 1.99. The van der Waals surface area contributed by atoms with Crippen molar-refractivity contribution in [1.82, 2.24) is 5.32 Å². The summed E-state index contributed by atoms with van der Waals surface area (Å²) >= 11 is 5.97.